The number of ether oxygens (including phenoxy) is 2. The molecule has 9 heteroatoms. The van der Waals surface area contributed by atoms with Gasteiger partial charge in [-0.2, -0.15) is 0 Å². The maximum absolute atomic E-state index is 12.6. The number of aromatic nitrogens is 4. The first-order valence-electron chi connectivity index (χ1n) is 9.27. The normalized spacial score (nSPS) is 12.3. The van der Waals surface area contributed by atoms with Crippen LogP contribution >= 0.6 is 15.9 Å². The van der Waals surface area contributed by atoms with Crippen LogP contribution in [0.25, 0.3) is 16.7 Å². The van der Waals surface area contributed by atoms with Crippen LogP contribution < -0.4 is 10.3 Å². The van der Waals surface area contributed by atoms with Crippen molar-refractivity contribution in [3.05, 3.63) is 68.7 Å². The minimum Gasteiger partial charge on any atom is -0.479 e. The Morgan fingerprint density at radius 2 is 1.90 bits per heavy atom. The Hall–Kier alpha value is -3.20. The van der Waals surface area contributed by atoms with E-state index in [9.17, 15) is 9.59 Å². The number of halogens is 1. The van der Waals surface area contributed by atoms with Gasteiger partial charge in [-0.3, -0.25) is 13.8 Å². The molecule has 0 aliphatic heterocycles. The summed E-state index contributed by atoms with van der Waals surface area (Å²) in [5, 5.41) is 8.77. The summed E-state index contributed by atoms with van der Waals surface area (Å²) in [6, 6.07) is 12.7. The van der Waals surface area contributed by atoms with E-state index in [0.717, 1.165) is 10.0 Å². The Morgan fingerprint density at radius 1 is 1.17 bits per heavy atom. The highest BCUT2D eigenvalue weighted by Gasteiger charge is 2.20. The molecule has 1 atom stereocenters. The van der Waals surface area contributed by atoms with E-state index in [2.05, 4.69) is 26.1 Å². The molecule has 2 heterocycles. The molecule has 2 aromatic heterocycles. The summed E-state index contributed by atoms with van der Waals surface area (Å²) in [4.78, 5) is 25.0. The van der Waals surface area contributed by atoms with Crippen molar-refractivity contribution in [1.29, 1.82) is 0 Å². The molecule has 0 aliphatic carbocycles. The highest BCUT2D eigenvalue weighted by molar-refractivity contribution is 9.10. The summed E-state index contributed by atoms with van der Waals surface area (Å²) in [7, 11) is 1.64. The highest BCUT2D eigenvalue weighted by Crippen LogP contribution is 2.19. The lowest BCUT2D eigenvalue weighted by atomic mass is 10.1. The summed E-state index contributed by atoms with van der Waals surface area (Å²) < 4.78 is 15.1. The predicted octanol–water partition coefficient (Wildman–Crippen LogP) is 3.16. The van der Waals surface area contributed by atoms with E-state index in [4.69, 9.17) is 9.47 Å². The number of fused-ring (bicyclic) bond motifs is 3. The first kappa shape index (κ1) is 20.1. The molecular weight excluding hydrogens is 452 g/mol. The van der Waals surface area contributed by atoms with Gasteiger partial charge in [-0.05, 0) is 50.2 Å². The van der Waals surface area contributed by atoms with E-state index >= 15 is 0 Å². The zero-order valence-corrected chi connectivity index (χ0v) is 18.2. The number of esters is 1. The van der Waals surface area contributed by atoms with Crippen LogP contribution in [0.1, 0.15) is 18.3 Å². The van der Waals surface area contributed by atoms with Crippen LogP contribution in [-0.2, 0) is 23.2 Å². The van der Waals surface area contributed by atoms with Crippen LogP contribution in [0.2, 0.25) is 0 Å². The molecule has 0 radical (unpaired) electrons. The smallest absolute Gasteiger partial charge is 0.347 e. The second kappa shape index (κ2) is 7.91. The molecule has 0 saturated carbocycles. The lowest BCUT2D eigenvalue weighted by Crippen LogP contribution is -2.26. The van der Waals surface area contributed by atoms with Gasteiger partial charge in [0.25, 0.3) is 5.56 Å². The molecule has 2 aromatic carbocycles. The molecule has 0 bridgehead atoms. The van der Waals surface area contributed by atoms with E-state index in [1.165, 1.54) is 4.57 Å². The van der Waals surface area contributed by atoms with E-state index in [-0.39, 0.29) is 12.2 Å². The van der Waals surface area contributed by atoms with E-state index < -0.39 is 12.1 Å². The summed E-state index contributed by atoms with van der Waals surface area (Å²) in [6.45, 7) is 3.44. The molecule has 154 valence electrons. The molecular formula is C21H19BrN4O4. The van der Waals surface area contributed by atoms with Gasteiger partial charge >= 0.3 is 5.97 Å². The molecule has 0 N–H and O–H groups in total. The maximum Gasteiger partial charge on any atom is 0.347 e. The fourth-order valence-corrected chi connectivity index (χ4v) is 3.44. The lowest BCUT2D eigenvalue weighted by molar-refractivity contribution is -0.152. The van der Waals surface area contributed by atoms with Gasteiger partial charge in [-0.1, -0.05) is 27.6 Å². The van der Waals surface area contributed by atoms with Crippen molar-refractivity contribution in [3.63, 3.8) is 0 Å². The van der Waals surface area contributed by atoms with E-state index in [1.54, 1.807) is 30.5 Å². The lowest BCUT2D eigenvalue weighted by Gasteiger charge is -2.14. The average Bonchev–Trinajstić information content (AvgIpc) is 3.16. The third-order valence-corrected chi connectivity index (χ3v) is 5.27. The van der Waals surface area contributed by atoms with Gasteiger partial charge in [0.1, 0.15) is 5.75 Å². The summed E-state index contributed by atoms with van der Waals surface area (Å²) in [6.07, 6.45) is -0.797. The first-order valence-corrected chi connectivity index (χ1v) is 10.1. The standard InChI is InChI=1S/C21H19BrN4O4/c1-12-4-9-17-16(10-12)19(27)25(3)21-24-23-18(26(17)21)11-29-20(28)13(2)30-15-7-5-14(22)6-8-15/h4-10,13H,11H2,1-3H3. The zero-order chi connectivity index (χ0) is 21.4. The predicted molar refractivity (Wildman–Crippen MR) is 114 cm³/mol. The Morgan fingerprint density at radius 3 is 2.63 bits per heavy atom. The molecule has 30 heavy (non-hydrogen) atoms. The molecule has 8 nitrogen and oxygen atoms in total. The fourth-order valence-electron chi connectivity index (χ4n) is 3.17. The monoisotopic (exact) mass is 470 g/mol. The van der Waals surface area contributed by atoms with Crippen LogP contribution in [0.3, 0.4) is 0 Å². The van der Waals surface area contributed by atoms with Crippen molar-refractivity contribution >= 4 is 38.6 Å². The van der Waals surface area contributed by atoms with Gasteiger partial charge < -0.3 is 9.47 Å². The molecule has 0 amide bonds. The van der Waals surface area contributed by atoms with Crippen LogP contribution in [0, 0.1) is 6.92 Å². The van der Waals surface area contributed by atoms with Gasteiger partial charge in [0.2, 0.25) is 5.78 Å². The minimum atomic E-state index is -0.797. The number of benzene rings is 2. The fraction of sp³-hybridized carbons (Fsp3) is 0.238. The van der Waals surface area contributed by atoms with Crippen LogP contribution in [0.15, 0.2) is 51.7 Å². The van der Waals surface area contributed by atoms with Crippen molar-refractivity contribution in [2.24, 2.45) is 7.05 Å². The quantitative estimate of drug-likeness (QED) is 0.416. The molecule has 0 aliphatic rings. The van der Waals surface area contributed by atoms with Crippen molar-refractivity contribution in [3.8, 4) is 5.75 Å². The minimum absolute atomic E-state index is 0.102. The molecule has 4 aromatic rings. The number of hydrogen-bond donors (Lipinski definition) is 0. The van der Waals surface area contributed by atoms with Crippen molar-refractivity contribution in [1.82, 2.24) is 19.2 Å². The number of nitrogens with zero attached hydrogens (tertiary/aromatic N) is 4. The maximum atomic E-state index is 12.6. The average molecular weight is 471 g/mol. The molecule has 0 spiro atoms. The van der Waals surface area contributed by atoms with Crippen molar-refractivity contribution in [2.45, 2.75) is 26.6 Å². The largest absolute Gasteiger partial charge is 0.479 e. The third-order valence-electron chi connectivity index (χ3n) is 4.74. The number of carbonyl (C=O) groups is 1. The number of hydrogen-bond acceptors (Lipinski definition) is 6. The van der Waals surface area contributed by atoms with Crippen LogP contribution in [-0.4, -0.2) is 31.2 Å². The summed E-state index contributed by atoms with van der Waals surface area (Å²) in [5.74, 6) is 0.826. The Kier molecular flexibility index (Phi) is 5.29. The van der Waals surface area contributed by atoms with Crippen molar-refractivity contribution in [2.75, 3.05) is 0 Å². The van der Waals surface area contributed by atoms with Gasteiger partial charge in [-0.25, -0.2) is 4.79 Å². The molecule has 1 unspecified atom stereocenters. The van der Waals surface area contributed by atoms with E-state index in [0.29, 0.717) is 28.3 Å². The Balaban J connectivity index is 1.58. The number of aryl methyl sites for hydroxylation is 2. The second-order valence-electron chi connectivity index (χ2n) is 6.96. The molecule has 4 rings (SSSR count). The van der Waals surface area contributed by atoms with Crippen molar-refractivity contribution < 1.29 is 14.3 Å². The SMILES string of the molecule is Cc1ccc2c(c1)c(=O)n(C)c1nnc(COC(=O)C(C)Oc3ccc(Br)cc3)n21. The first-order chi connectivity index (χ1) is 14.3. The third kappa shape index (κ3) is 3.68. The number of carbonyl (C=O) groups excluding carboxylic acids is 1. The Bertz CT molecular complexity index is 1310. The van der Waals surface area contributed by atoms with Gasteiger partial charge in [0.15, 0.2) is 18.5 Å². The second-order valence-corrected chi connectivity index (χ2v) is 7.87. The number of rotatable bonds is 5. The highest BCUT2D eigenvalue weighted by atomic mass is 79.9. The van der Waals surface area contributed by atoms with Gasteiger partial charge in [-0.15, -0.1) is 10.2 Å². The van der Waals surface area contributed by atoms with Gasteiger partial charge in [0, 0.05) is 11.5 Å². The summed E-state index contributed by atoms with van der Waals surface area (Å²) >= 11 is 3.35. The van der Waals surface area contributed by atoms with E-state index in [1.807, 2.05) is 37.3 Å². The topological polar surface area (TPSA) is 87.7 Å². The van der Waals surface area contributed by atoms with Crippen LogP contribution in [0.5, 0.6) is 5.75 Å². The summed E-state index contributed by atoms with van der Waals surface area (Å²) in [5.41, 5.74) is 1.47. The molecule has 0 saturated heterocycles. The van der Waals surface area contributed by atoms with Gasteiger partial charge in [0.05, 0.1) is 10.9 Å². The zero-order valence-electron chi connectivity index (χ0n) is 16.6. The van der Waals surface area contributed by atoms with Crippen LogP contribution in [0.4, 0.5) is 0 Å². The Labute approximate surface area is 180 Å². The molecule has 0 fully saturated rings.